The van der Waals surface area contributed by atoms with Gasteiger partial charge < -0.3 is 10.6 Å². The molecule has 0 aliphatic carbocycles. The highest BCUT2D eigenvalue weighted by molar-refractivity contribution is 7.22. The maximum absolute atomic E-state index is 6.21. The fraction of sp³-hybridized carbons (Fsp3) is 0.133. The van der Waals surface area contributed by atoms with Crippen LogP contribution in [0.5, 0.6) is 0 Å². The predicted molar refractivity (Wildman–Crippen MR) is 87.6 cm³/mol. The van der Waals surface area contributed by atoms with Crippen molar-refractivity contribution in [1.82, 2.24) is 4.98 Å². The molecule has 20 heavy (non-hydrogen) atoms. The third-order valence-corrected chi connectivity index (χ3v) is 4.61. The van der Waals surface area contributed by atoms with E-state index < -0.39 is 0 Å². The van der Waals surface area contributed by atoms with Crippen LogP contribution < -0.4 is 10.6 Å². The van der Waals surface area contributed by atoms with Crippen molar-refractivity contribution in [1.29, 1.82) is 0 Å². The topological polar surface area (TPSA) is 42.1 Å². The Labute approximate surface area is 126 Å². The highest BCUT2D eigenvalue weighted by Crippen LogP contribution is 2.29. The Morgan fingerprint density at radius 2 is 2.05 bits per heavy atom. The van der Waals surface area contributed by atoms with E-state index in [1.807, 2.05) is 43.4 Å². The zero-order valence-corrected chi connectivity index (χ0v) is 12.6. The van der Waals surface area contributed by atoms with Crippen molar-refractivity contribution in [2.24, 2.45) is 0 Å². The SMILES string of the molecule is CN(Cc1cc(N)ccc1Cl)c1nc2ccccc2s1. The number of benzene rings is 2. The van der Waals surface area contributed by atoms with E-state index in [0.717, 1.165) is 26.9 Å². The van der Waals surface area contributed by atoms with E-state index in [0.29, 0.717) is 6.54 Å². The van der Waals surface area contributed by atoms with Crippen molar-refractivity contribution in [2.45, 2.75) is 6.54 Å². The fourth-order valence-corrected chi connectivity index (χ4v) is 3.17. The molecule has 0 bridgehead atoms. The van der Waals surface area contributed by atoms with E-state index in [-0.39, 0.29) is 0 Å². The molecule has 0 amide bonds. The van der Waals surface area contributed by atoms with Crippen molar-refractivity contribution in [3.05, 3.63) is 53.1 Å². The average molecular weight is 304 g/mol. The Kier molecular flexibility index (Phi) is 3.51. The molecule has 2 aromatic carbocycles. The number of hydrogen-bond donors (Lipinski definition) is 1. The van der Waals surface area contributed by atoms with Gasteiger partial charge in [0.1, 0.15) is 0 Å². The number of fused-ring (bicyclic) bond motifs is 1. The monoisotopic (exact) mass is 303 g/mol. The second kappa shape index (κ2) is 5.31. The van der Waals surface area contributed by atoms with Crippen LogP contribution in [0.1, 0.15) is 5.56 Å². The number of thiazole rings is 1. The second-order valence-corrected chi connectivity index (χ2v) is 6.09. The van der Waals surface area contributed by atoms with Gasteiger partial charge in [-0.2, -0.15) is 0 Å². The van der Waals surface area contributed by atoms with Crippen LogP contribution in [0.2, 0.25) is 5.02 Å². The van der Waals surface area contributed by atoms with Gasteiger partial charge in [0.05, 0.1) is 10.2 Å². The molecule has 0 atom stereocenters. The zero-order valence-electron chi connectivity index (χ0n) is 11.0. The van der Waals surface area contributed by atoms with E-state index in [2.05, 4.69) is 16.0 Å². The summed E-state index contributed by atoms with van der Waals surface area (Å²) in [5.74, 6) is 0. The fourth-order valence-electron chi connectivity index (χ4n) is 2.06. The molecular weight excluding hydrogens is 290 g/mol. The minimum Gasteiger partial charge on any atom is -0.399 e. The maximum atomic E-state index is 6.21. The predicted octanol–water partition coefficient (Wildman–Crippen LogP) is 4.17. The molecule has 0 saturated heterocycles. The number of nitrogens with two attached hydrogens (primary N) is 1. The first-order chi connectivity index (χ1) is 9.63. The van der Waals surface area contributed by atoms with Crippen LogP contribution in [0.3, 0.4) is 0 Å². The van der Waals surface area contributed by atoms with Gasteiger partial charge in [0, 0.05) is 24.3 Å². The summed E-state index contributed by atoms with van der Waals surface area (Å²) in [5.41, 5.74) is 8.57. The first-order valence-corrected chi connectivity index (χ1v) is 7.43. The van der Waals surface area contributed by atoms with E-state index in [1.165, 1.54) is 4.70 Å². The van der Waals surface area contributed by atoms with Gasteiger partial charge in [-0.15, -0.1) is 0 Å². The van der Waals surface area contributed by atoms with Crippen LogP contribution in [0.4, 0.5) is 10.8 Å². The summed E-state index contributed by atoms with van der Waals surface area (Å²) >= 11 is 7.88. The second-order valence-electron chi connectivity index (χ2n) is 4.67. The number of aromatic nitrogens is 1. The number of anilines is 2. The van der Waals surface area contributed by atoms with Crippen molar-refractivity contribution in [3.63, 3.8) is 0 Å². The van der Waals surface area contributed by atoms with Crippen molar-refractivity contribution in [2.75, 3.05) is 17.7 Å². The molecule has 3 aromatic rings. The van der Waals surface area contributed by atoms with Crippen molar-refractivity contribution < 1.29 is 0 Å². The molecule has 0 spiro atoms. The van der Waals surface area contributed by atoms with E-state index in [1.54, 1.807) is 11.3 Å². The Balaban J connectivity index is 1.88. The van der Waals surface area contributed by atoms with E-state index >= 15 is 0 Å². The van der Waals surface area contributed by atoms with Crippen LogP contribution in [0, 0.1) is 0 Å². The van der Waals surface area contributed by atoms with E-state index in [4.69, 9.17) is 17.3 Å². The molecule has 0 radical (unpaired) electrons. The van der Waals surface area contributed by atoms with Crippen LogP contribution in [0.25, 0.3) is 10.2 Å². The Morgan fingerprint density at radius 3 is 2.85 bits per heavy atom. The highest BCUT2D eigenvalue weighted by Gasteiger charge is 2.10. The molecule has 3 rings (SSSR count). The van der Waals surface area contributed by atoms with Crippen LogP contribution in [-0.2, 0) is 6.54 Å². The summed E-state index contributed by atoms with van der Waals surface area (Å²) in [5, 5.41) is 1.71. The number of nitrogens with zero attached hydrogens (tertiary/aromatic N) is 2. The summed E-state index contributed by atoms with van der Waals surface area (Å²) in [6, 6.07) is 13.7. The number of rotatable bonds is 3. The molecule has 5 heteroatoms. The minimum absolute atomic E-state index is 0.684. The molecule has 2 N–H and O–H groups in total. The number of halogens is 1. The molecule has 0 unspecified atom stereocenters. The number of hydrogen-bond acceptors (Lipinski definition) is 4. The highest BCUT2D eigenvalue weighted by atomic mass is 35.5. The Morgan fingerprint density at radius 1 is 1.25 bits per heavy atom. The number of para-hydroxylation sites is 1. The van der Waals surface area contributed by atoms with Gasteiger partial charge in [-0.3, -0.25) is 0 Å². The van der Waals surface area contributed by atoms with Gasteiger partial charge >= 0.3 is 0 Å². The smallest absolute Gasteiger partial charge is 0.186 e. The third-order valence-electron chi connectivity index (χ3n) is 3.09. The van der Waals surface area contributed by atoms with Crippen LogP contribution >= 0.6 is 22.9 Å². The zero-order chi connectivity index (χ0) is 14.1. The number of nitrogen functional groups attached to an aromatic ring is 1. The van der Waals surface area contributed by atoms with Crippen molar-refractivity contribution in [3.8, 4) is 0 Å². The standard InChI is InChI=1S/C15H14ClN3S/c1-19(9-10-8-11(17)6-7-12(10)16)15-18-13-4-2-3-5-14(13)20-15/h2-8H,9,17H2,1H3. The van der Waals surface area contributed by atoms with Crippen LogP contribution in [0.15, 0.2) is 42.5 Å². The first-order valence-electron chi connectivity index (χ1n) is 6.24. The summed E-state index contributed by atoms with van der Waals surface area (Å²) in [7, 11) is 2.01. The molecule has 3 nitrogen and oxygen atoms in total. The summed E-state index contributed by atoms with van der Waals surface area (Å²) < 4.78 is 1.19. The normalized spacial score (nSPS) is 10.9. The van der Waals surface area contributed by atoms with Gasteiger partial charge in [-0.1, -0.05) is 35.1 Å². The minimum atomic E-state index is 0.684. The van der Waals surface area contributed by atoms with Gasteiger partial charge in [0.15, 0.2) is 5.13 Å². The molecule has 0 aliphatic heterocycles. The molecule has 0 fully saturated rings. The molecule has 0 aliphatic rings. The van der Waals surface area contributed by atoms with Gasteiger partial charge in [-0.05, 0) is 35.9 Å². The molecular formula is C15H14ClN3S. The molecule has 1 aromatic heterocycles. The Bertz CT molecular complexity index is 721. The lowest BCUT2D eigenvalue weighted by Gasteiger charge is -2.16. The maximum Gasteiger partial charge on any atom is 0.186 e. The lowest BCUT2D eigenvalue weighted by Crippen LogP contribution is -2.16. The molecule has 0 saturated carbocycles. The largest absolute Gasteiger partial charge is 0.399 e. The van der Waals surface area contributed by atoms with Gasteiger partial charge in [0.2, 0.25) is 0 Å². The van der Waals surface area contributed by atoms with Gasteiger partial charge in [-0.25, -0.2) is 4.98 Å². The summed E-state index contributed by atoms with van der Waals surface area (Å²) in [6.45, 7) is 0.684. The summed E-state index contributed by atoms with van der Waals surface area (Å²) in [6.07, 6.45) is 0. The lowest BCUT2D eigenvalue weighted by molar-refractivity contribution is 0.918. The van der Waals surface area contributed by atoms with E-state index in [9.17, 15) is 0 Å². The first kappa shape index (κ1) is 13.2. The molecule has 1 heterocycles. The summed E-state index contributed by atoms with van der Waals surface area (Å²) in [4.78, 5) is 6.72. The third kappa shape index (κ3) is 2.57. The molecule has 102 valence electrons. The van der Waals surface area contributed by atoms with Crippen LogP contribution in [-0.4, -0.2) is 12.0 Å². The average Bonchev–Trinajstić information content (AvgIpc) is 2.87. The van der Waals surface area contributed by atoms with Crippen molar-refractivity contribution >= 4 is 44.0 Å². The Hall–Kier alpha value is -1.78. The quantitative estimate of drug-likeness (QED) is 0.738. The van der Waals surface area contributed by atoms with Gasteiger partial charge in [0.25, 0.3) is 0 Å². The lowest BCUT2D eigenvalue weighted by atomic mass is 10.2.